The molecular weight excluding hydrogens is 392 g/mol. The Morgan fingerprint density at radius 2 is 1.71 bits per heavy atom. The number of hydrogen-bond acceptors (Lipinski definition) is 5. The summed E-state index contributed by atoms with van der Waals surface area (Å²) in [6.07, 6.45) is 4.19. The van der Waals surface area contributed by atoms with Crippen LogP contribution < -0.4 is 20.0 Å². The van der Waals surface area contributed by atoms with Gasteiger partial charge in [0.05, 0.1) is 6.54 Å². The number of carbonyl (C=O) groups is 1. The van der Waals surface area contributed by atoms with Gasteiger partial charge in [0, 0.05) is 30.5 Å². The van der Waals surface area contributed by atoms with E-state index in [1.165, 1.54) is 23.6 Å². The van der Waals surface area contributed by atoms with Crippen LogP contribution in [0.2, 0.25) is 0 Å². The highest BCUT2D eigenvalue weighted by atomic mass is 16.5. The van der Waals surface area contributed by atoms with Gasteiger partial charge in [-0.25, -0.2) is 0 Å². The van der Waals surface area contributed by atoms with Crippen LogP contribution in [0.3, 0.4) is 0 Å². The third kappa shape index (κ3) is 3.93. The van der Waals surface area contributed by atoms with Crippen molar-refractivity contribution in [3.05, 3.63) is 88.0 Å². The van der Waals surface area contributed by atoms with Crippen LogP contribution in [0.5, 0.6) is 5.75 Å². The first-order valence-corrected chi connectivity index (χ1v) is 10.6. The van der Waals surface area contributed by atoms with Crippen molar-refractivity contribution < 1.29 is 13.9 Å². The molecule has 0 saturated heterocycles. The van der Waals surface area contributed by atoms with E-state index < -0.39 is 0 Å². The fourth-order valence-corrected chi connectivity index (χ4v) is 4.40. The zero-order chi connectivity index (χ0) is 21.2. The lowest BCUT2D eigenvalue weighted by atomic mass is 10.0. The molecule has 2 aliphatic rings. The third-order valence-corrected chi connectivity index (χ3v) is 5.94. The molecular formula is C25H24N2O4. The Morgan fingerprint density at radius 3 is 2.52 bits per heavy atom. The van der Waals surface area contributed by atoms with Crippen molar-refractivity contribution in [3.63, 3.8) is 0 Å². The SMILES string of the molecule is O=C(COc1coc(CN2CCc3ccccc32)cc1=O)N1CCCc2ccccc21. The lowest BCUT2D eigenvalue weighted by Crippen LogP contribution is -2.38. The van der Waals surface area contributed by atoms with Gasteiger partial charge in [-0.05, 0) is 42.5 Å². The molecule has 0 N–H and O–H groups in total. The first-order chi connectivity index (χ1) is 15.2. The first kappa shape index (κ1) is 19.4. The number of benzene rings is 2. The lowest BCUT2D eigenvalue weighted by molar-refractivity contribution is -0.120. The second-order valence-corrected chi connectivity index (χ2v) is 7.94. The van der Waals surface area contributed by atoms with E-state index in [1.807, 2.05) is 36.4 Å². The number of aryl methyl sites for hydroxylation is 1. The molecule has 2 aromatic carbocycles. The Kier molecular flexibility index (Phi) is 5.20. The molecule has 158 valence electrons. The molecule has 0 saturated carbocycles. The molecule has 1 aromatic heterocycles. The molecule has 0 bridgehead atoms. The molecule has 0 aliphatic carbocycles. The van der Waals surface area contributed by atoms with Crippen LogP contribution in [-0.2, 0) is 24.2 Å². The molecule has 2 aliphatic heterocycles. The van der Waals surface area contributed by atoms with E-state index in [1.54, 1.807) is 4.90 Å². The number of fused-ring (bicyclic) bond motifs is 2. The average Bonchev–Trinajstić information content (AvgIpc) is 3.21. The lowest BCUT2D eigenvalue weighted by Gasteiger charge is -2.29. The van der Waals surface area contributed by atoms with Crippen LogP contribution in [0.4, 0.5) is 11.4 Å². The molecule has 0 atom stereocenters. The summed E-state index contributed by atoms with van der Waals surface area (Å²) in [5.74, 6) is 0.471. The van der Waals surface area contributed by atoms with E-state index in [-0.39, 0.29) is 23.7 Å². The van der Waals surface area contributed by atoms with Crippen LogP contribution in [0.1, 0.15) is 23.3 Å². The summed E-state index contributed by atoms with van der Waals surface area (Å²) in [6, 6.07) is 17.6. The minimum atomic E-state index is -0.277. The average molecular weight is 416 g/mol. The topological polar surface area (TPSA) is 63.0 Å². The Labute approximate surface area is 180 Å². The third-order valence-electron chi connectivity index (χ3n) is 5.94. The van der Waals surface area contributed by atoms with Gasteiger partial charge < -0.3 is 19.0 Å². The highest BCUT2D eigenvalue weighted by Crippen LogP contribution is 2.29. The van der Waals surface area contributed by atoms with E-state index in [0.717, 1.165) is 37.1 Å². The van der Waals surface area contributed by atoms with Crippen LogP contribution in [-0.4, -0.2) is 25.6 Å². The van der Waals surface area contributed by atoms with Gasteiger partial charge in [-0.3, -0.25) is 9.59 Å². The quantitative estimate of drug-likeness (QED) is 0.636. The number of amides is 1. The van der Waals surface area contributed by atoms with Crippen molar-refractivity contribution in [2.75, 3.05) is 29.5 Å². The summed E-state index contributed by atoms with van der Waals surface area (Å²) in [4.78, 5) is 29.2. The summed E-state index contributed by atoms with van der Waals surface area (Å²) in [7, 11) is 0. The zero-order valence-electron chi connectivity index (χ0n) is 17.3. The molecule has 0 unspecified atom stereocenters. The van der Waals surface area contributed by atoms with Gasteiger partial charge in [-0.1, -0.05) is 36.4 Å². The summed E-state index contributed by atoms with van der Waals surface area (Å²) >= 11 is 0. The molecule has 3 heterocycles. The van der Waals surface area contributed by atoms with Crippen molar-refractivity contribution in [1.29, 1.82) is 0 Å². The first-order valence-electron chi connectivity index (χ1n) is 10.6. The molecule has 31 heavy (non-hydrogen) atoms. The zero-order valence-corrected chi connectivity index (χ0v) is 17.3. The van der Waals surface area contributed by atoms with Gasteiger partial charge in [0.1, 0.15) is 12.0 Å². The minimum absolute atomic E-state index is 0.0595. The fourth-order valence-electron chi connectivity index (χ4n) is 4.40. The van der Waals surface area contributed by atoms with Crippen molar-refractivity contribution >= 4 is 17.3 Å². The number of hydrogen-bond donors (Lipinski definition) is 0. The molecule has 5 rings (SSSR count). The van der Waals surface area contributed by atoms with Crippen LogP contribution in [0, 0.1) is 0 Å². The number of anilines is 2. The fraction of sp³-hybridized carbons (Fsp3) is 0.280. The largest absolute Gasteiger partial charge is 0.477 e. The van der Waals surface area contributed by atoms with E-state index in [9.17, 15) is 9.59 Å². The highest BCUT2D eigenvalue weighted by molar-refractivity contribution is 5.95. The van der Waals surface area contributed by atoms with Gasteiger partial charge in [0.25, 0.3) is 5.91 Å². The van der Waals surface area contributed by atoms with E-state index in [4.69, 9.17) is 9.15 Å². The second kappa shape index (κ2) is 8.30. The molecule has 6 nitrogen and oxygen atoms in total. The van der Waals surface area contributed by atoms with Gasteiger partial charge in [0.2, 0.25) is 11.2 Å². The maximum absolute atomic E-state index is 12.7. The second-order valence-electron chi connectivity index (χ2n) is 7.94. The van der Waals surface area contributed by atoms with E-state index in [0.29, 0.717) is 18.8 Å². The van der Waals surface area contributed by atoms with Crippen molar-refractivity contribution in [3.8, 4) is 5.75 Å². The molecule has 0 radical (unpaired) electrons. The predicted molar refractivity (Wildman–Crippen MR) is 119 cm³/mol. The summed E-state index contributed by atoms with van der Waals surface area (Å²) < 4.78 is 11.2. The normalized spacial score (nSPS) is 14.8. The van der Waals surface area contributed by atoms with Crippen molar-refractivity contribution in [2.45, 2.75) is 25.8 Å². The predicted octanol–water partition coefficient (Wildman–Crippen LogP) is 3.56. The van der Waals surface area contributed by atoms with Crippen LogP contribution in [0.25, 0.3) is 0 Å². The van der Waals surface area contributed by atoms with E-state index >= 15 is 0 Å². The van der Waals surface area contributed by atoms with Crippen molar-refractivity contribution in [1.82, 2.24) is 0 Å². The summed E-state index contributed by atoms with van der Waals surface area (Å²) in [5.41, 5.74) is 4.30. The molecule has 0 fully saturated rings. The van der Waals surface area contributed by atoms with Gasteiger partial charge in [-0.15, -0.1) is 0 Å². The summed E-state index contributed by atoms with van der Waals surface area (Å²) in [6.45, 7) is 1.88. The van der Waals surface area contributed by atoms with Gasteiger partial charge >= 0.3 is 0 Å². The van der Waals surface area contributed by atoms with Gasteiger partial charge in [0.15, 0.2) is 6.61 Å². The maximum atomic E-state index is 12.7. The van der Waals surface area contributed by atoms with Crippen molar-refractivity contribution in [2.24, 2.45) is 0 Å². The highest BCUT2D eigenvalue weighted by Gasteiger charge is 2.23. The number of para-hydroxylation sites is 2. The Balaban J connectivity index is 1.23. The molecule has 0 spiro atoms. The number of ether oxygens (including phenoxy) is 1. The Morgan fingerprint density at radius 1 is 0.968 bits per heavy atom. The monoisotopic (exact) mass is 416 g/mol. The van der Waals surface area contributed by atoms with Crippen LogP contribution >= 0.6 is 0 Å². The maximum Gasteiger partial charge on any atom is 0.264 e. The van der Waals surface area contributed by atoms with E-state index in [2.05, 4.69) is 17.0 Å². The Hall–Kier alpha value is -3.54. The molecule has 1 amide bonds. The van der Waals surface area contributed by atoms with Gasteiger partial charge in [-0.2, -0.15) is 0 Å². The standard InChI is InChI=1S/C25H24N2O4/c28-23-14-20(15-26-13-11-19-7-1-3-9-21(19)26)30-16-24(23)31-17-25(29)27-12-5-8-18-6-2-4-10-22(18)27/h1-4,6-7,9-10,14,16H,5,8,11-13,15,17H2. The minimum Gasteiger partial charge on any atom is -0.477 e. The molecule has 3 aromatic rings. The number of carbonyl (C=O) groups excluding carboxylic acids is 1. The smallest absolute Gasteiger partial charge is 0.264 e. The number of rotatable bonds is 5. The molecule has 6 heteroatoms. The number of nitrogens with zero attached hydrogens (tertiary/aromatic N) is 2. The Bertz CT molecular complexity index is 1170. The summed E-state index contributed by atoms with van der Waals surface area (Å²) in [5, 5.41) is 0. The van der Waals surface area contributed by atoms with Crippen LogP contribution in [0.15, 0.2) is 70.1 Å².